The molecule has 0 radical (unpaired) electrons. The second-order valence-electron chi connectivity index (χ2n) is 5.26. The van der Waals surface area contributed by atoms with E-state index < -0.39 is 24.8 Å². The third kappa shape index (κ3) is 4.95. The standard InChI is InChI=1S/C15H17F3N2O3/c1-10(23-9-15(16,17)18)14(22)19-11-4-2-5-12(8-11)20-7-3-6-13(20)21/h2,4-5,8,10H,3,6-7,9H2,1H3,(H,19,22)/t10-/m0/s1. The fourth-order valence-electron chi connectivity index (χ4n) is 2.21. The Hall–Kier alpha value is -2.09. The van der Waals surface area contributed by atoms with Gasteiger partial charge in [0.2, 0.25) is 5.91 Å². The van der Waals surface area contributed by atoms with Gasteiger partial charge in [0, 0.05) is 24.3 Å². The van der Waals surface area contributed by atoms with Crippen molar-refractivity contribution in [3.63, 3.8) is 0 Å². The molecular formula is C15H17F3N2O3. The number of amides is 2. The van der Waals surface area contributed by atoms with Crippen molar-refractivity contribution in [2.24, 2.45) is 0 Å². The van der Waals surface area contributed by atoms with E-state index in [0.717, 1.165) is 6.42 Å². The van der Waals surface area contributed by atoms with Gasteiger partial charge in [0.15, 0.2) is 0 Å². The van der Waals surface area contributed by atoms with Gasteiger partial charge in [-0.05, 0) is 31.5 Å². The first-order valence-corrected chi connectivity index (χ1v) is 7.16. The van der Waals surface area contributed by atoms with Crippen molar-refractivity contribution >= 4 is 23.2 Å². The van der Waals surface area contributed by atoms with Crippen molar-refractivity contribution in [3.8, 4) is 0 Å². The highest BCUT2D eigenvalue weighted by Crippen LogP contribution is 2.24. The molecule has 2 amide bonds. The molecule has 0 spiro atoms. The van der Waals surface area contributed by atoms with E-state index in [1.165, 1.54) is 6.92 Å². The van der Waals surface area contributed by atoms with E-state index in [0.29, 0.717) is 24.3 Å². The highest BCUT2D eigenvalue weighted by molar-refractivity contribution is 5.97. The SMILES string of the molecule is C[C@H](OCC(F)(F)F)C(=O)Nc1cccc(N2CCCC2=O)c1. The first kappa shape index (κ1) is 17.3. The summed E-state index contributed by atoms with van der Waals surface area (Å²) in [4.78, 5) is 25.2. The number of alkyl halides is 3. The third-order valence-corrected chi connectivity index (χ3v) is 3.37. The van der Waals surface area contributed by atoms with Gasteiger partial charge in [-0.15, -0.1) is 0 Å². The topological polar surface area (TPSA) is 58.6 Å². The molecule has 1 aromatic rings. The van der Waals surface area contributed by atoms with Crippen LogP contribution in [0.15, 0.2) is 24.3 Å². The molecule has 1 N–H and O–H groups in total. The van der Waals surface area contributed by atoms with Gasteiger partial charge in [0.05, 0.1) is 0 Å². The van der Waals surface area contributed by atoms with E-state index in [9.17, 15) is 22.8 Å². The molecule has 1 saturated heterocycles. The minimum absolute atomic E-state index is 0.00959. The summed E-state index contributed by atoms with van der Waals surface area (Å²) in [7, 11) is 0. The lowest BCUT2D eigenvalue weighted by molar-refractivity contribution is -0.184. The summed E-state index contributed by atoms with van der Waals surface area (Å²) in [6, 6.07) is 6.61. The molecule has 0 saturated carbocycles. The first-order chi connectivity index (χ1) is 10.8. The average Bonchev–Trinajstić information content (AvgIpc) is 2.90. The molecule has 2 rings (SSSR count). The van der Waals surface area contributed by atoms with Gasteiger partial charge in [0.25, 0.3) is 5.91 Å². The number of halogens is 3. The Morgan fingerprint density at radius 3 is 2.78 bits per heavy atom. The number of hydrogen-bond donors (Lipinski definition) is 1. The van der Waals surface area contributed by atoms with Crippen LogP contribution in [0.2, 0.25) is 0 Å². The summed E-state index contributed by atoms with van der Waals surface area (Å²) in [5, 5.41) is 2.49. The highest BCUT2D eigenvalue weighted by Gasteiger charge is 2.30. The Balaban J connectivity index is 1.97. The zero-order chi connectivity index (χ0) is 17.0. The van der Waals surface area contributed by atoms with E-state index in [4.69, 9.17) is 0 Å². The van der Waals surface area contributed by atoms with Crippen LogP contribution in [0, 0.1) is 0 Å². The maximum Gasteiger partial charge on any atom is 0.411 e. The third-order valence-electron chi connectivity index (χ3n) is 3.37. The van der Waals surface area contributed by atoms with E-state index >= 15 is 0 Å². The minimum Gasteiger partial charge on any atom is -0.359 e. The number of carbonyl (C=O) groups excluding carboxylic acids is 2. The Labute approximate surface area is 131 Å². The smallest absolute Gasteiger partial charge is 0.359 e. The number of hydrogen-bond acceptors (Lipinski definition) is 3. The number of nitrogens with one attached hydrogen (secondary N) is 1. The monoisotopic (exact) mass is 330 g/mol. The molecule has 1 aliphatic heterocycles. The predicted octanol–water partition coefficient (Wildman–Crippen LogP) is 2.72. The zero-order valence-corrected chi connectivity index (χ0v) is 12.5. The predicted molar refractivity (Wildman–Crippen MR) is 78.1 cm³/mol. The van der Waals surface area contributed by atoms with Crippen molar-refractivity contribution in [1.82, 2.24) is 0 Å². The van der Waals surface area contributed by atoms with Crippen LogP contribution in [0.25, 0.3) is 0 Å². The molecule has 0 aromatic heterocycles. The molecule has 126 valence electrons. The number of rotatable bonds is 5. The van der Waals surface area contributed by atoms with Crippen molar-refractivity contribution < 1.29 is 27.5 Å². The molecular weight excluding hydrogens is 313 g/mol. The fraction of sp³-hybridized carbons (Fsp3) is 0.467. The second-order valence-corrected chi connectivity index (χ2v) is 5.26. The van der Waals surface area contributed by atoms with Crippen LogP contribution in [-0.4, -0.2) is 37.2 Å². The first-order valence-electron chi connectivity index (χ1n) is 7.16. The minimum atomic E-state index is -4.48. The molecule has 1 atom stereocenters. The van der Waals surface area contributed by atoms with E-state index in [-0.39, 0.29) is 5.91 Å². The number of carbonyl (C=O) groups is 2. The van der Waals surface area contributed by atoms with Crippen LogP contribution in [-0.2, 0) is 14.3 Å². The van der Waals surface area contributed by atoms with E-state index in [1.807, 2.05) is 0 Å². The van der Waals surface area contributed by atoms with Gasteiger partial charge in [0.1, 0.15) is 12.7 Å². The van der Waals surface area contributed by atoms with Crippen molar-refractivity contribution in [1.29, 1.82) is 0 Å². The summed E-state index contributed by atoms with van der Waals surface area (Å²) in [6.07, 6.45) is -4.46. The zero-order valence-electron chi connectivity index (χ0n) is 12.5. The van der Waals surface area contributed by atoms with E-state index in [1.54, 1.807) is 29.2 Å². The van der Waals surface area contributed by atoms with Crippen molar-refractivity contribution in [2.45, 2.75) is 32.0 Å². The average molecular weight is 330 g/mol. The molecule has 1 aromatic carbocycles. The van der Waals surface area contributed by atoms with Crippen molar-refractivity contribution in [2.75, 3.05) is 23.4 Å². The van der Waals surface area contributed by atoms with Crippen LogP contribution in [0.5, 0.6) is 0 Å². The molecule has 5 nitrogen and oxygen atoms in total. The molecule has 0 unspecified atom stereocenters. The molecule has 8 heteroatoms. The van der Waals surface area contributed by atoms with Gasteiger partial charge in [-0.1, -0.05) is 6.07 Å². The van der Waals surface area contributed by atoms with Crippen LogP contribution in [0.4, 0.5) is 24.5 Å². The summed E-state index contributed by atoms with van der Waals surface area (Å²) in [5.41, 5.74) is 1.05. The molecule has 1 heterocycles. The Morgan fingerprint density at radius 1 is 1.43 bits per heavy atom. The van der Waals surface area contributed by atoms with Crippen LogP contribution < -0.4 is 10.2 Å². The summed E-state index contributed by atoms with van der Waals surface area (Å²) >= 11 is 0. The van der Waals surface area contributed by atoms with Crippen LogP contribution >= 0.6 is 0 Å². The lowest BCUT2D eigenvalue weighted by Gasteiger charge is -2.18. The Bertz CT molecular complexity index is 590. The number of nitrogens with zero attached hydrogens (tertiary/aromatic N) is 1. The van der Waals surface area contributed by atoms with E-state index in [2.05, 4.69) is 10.1 Å². The van der Waals surface area contributed by atoms with Crippen molar-refractivity contribution in [3.05, 3.63) is 24.3 Å². The van der Waals surface area contributed by atoms with Crippen LogP contribution in [0.3, 0.4) is 0 Å². The molecule has 23 heavy (non-hydrogen) atoms. The largest absolute Gasteiger partial charge is 0.411 e. The lowest BCUT2D eigenvalue weighted by atomic mass is 10.2. The van der Waals surface area contributed by atoms with Gasteiger partial charge >= 0.3 is 6.18 Å². The number of anilines is 2. The normalized spacial score (nSPS) is 16.5. The maximum atomic E-state index is 12.1. The molecule has 1 aliphatic rings. The summed E-state index contributed by atoms with van der Waals surface area (Å²) < 4.78 is 40.7. The highest BCUT2D eigenvalue weighted by atomic mass is 19.4. The van der Waals surface area contributed by atoms with Gasteiger partial charge in [-0.2, -0.15) is 13.2 Å². The maximum absolute atomic E-state index is 12.1. The quantitative estimate of drug-likeness (QED) is 0.903. The van der Waals surface area contributed by atoms with Gasteiger partial charge < -0.3 is 15.0 Å². The summed E-state index contributed by atoms with van der Waals surface area (Å²) in [6.45, 7) is 0.375. The number of benzene rings is 1. The lowest BCUT2D eigenvalue weighted by Crippen LogP contribution is -2.31. The summed E-state index contributed by atoms with van der Waals surface area (Å²) in [5.74, 6) is -0.672. The Morgan fingerprint density at radius 2 is 2.17 bits per heavy atom. The van der Waals surface area contributed by atoms with Crippen LogP contribution in [0.1, 0.15) is 19.8 Å². The van der Waals surface area contributed by atoms with Gasteiger partial charge in [-0.3, -0.25) is 9.59 Å². The molecule has 0 aliphatic carbocycles. The molecule has 0 bridgehead atoms. The molecule has 1 fully saturated rings. The fourth-order valence-corrected chi connectivity index (χ4v) is 2.21. The van der Waals surface area contributed by atoms with Gasteiger partial charge in [-0.25, -0.2) is 0 Å². The Kier molecular flexibility index (Phi) is 5.25. The second kappa shape index (κ2) is 6.99. The number of ether oxygens (including phenoxy) is 1.